The summed E-state index contributed by atoms with van der Waals surface area (Å²) >= 11 is 0. The number of nitrogens with zero attached hydrogens (tertiary/aromatic N) is 1. The number of likely N-dealkylation sites (tertiary alicyclic amines) is 1. The van der Waals surface area contributed by atoms with Crippen LogP contribution >= 0.6 is 0 Å². The molecule has 1 aromatic rings. The molecule has 0 saturated carbocycles. The third kappa shape index (κ3) is 6.59. The zero-order chi connectivity index (χ0) is 19.9. The highest BCUT2D eigenvalue weighted by Crippen LogP contribution is 2.12. The largest absolute Gasteiger partial charge is 0.453 e. The maximum atomic E-state index is 12.9. The van der Waals surface area contributed by atoms with Crippen molar-refractivity contribution in [3.05, 3.63) is 30.1 Å². The molecule has 1 saturated heterocycles. The number of sulfonamides is 1. The highest BCUT2D eigenvalue weighted by molar-refractivity contribution is 7.89. The van der Waals surface area contributed by atoms with Gasteiger partial charge in [0.2, 0.25) is 10.0 Å². The second kappa shape index (κ2) is 9.80. The molecular weight excluding hydrogens is 375 g/mol. The van der Waals surface area contributed by atoms with Gasteiger partial charge in [0.1, 0.15) is 5.82 Å². The molecule has 150 valence electrons. The second-order valence-corrected chi connectivity index (χ2v) is 8.24. The standard InChI is InChI=1S/C18H25FN2O5S/c1-14(18(23)21-12-3-2-4-13-21)26-17(22)6-5-11-20-27(24,25)16-9-7-15(19)8-10-16/h7-10,14,20H,2-6,11-13H2,1H3/t14-/m1/s1. The van der Waals surface area contributed by atoms with Crippen molar-refractivity contribution in [2.45, 2.75) is 50.0 Å². The molecule has 0 radical (unpaired) electrons. The molecule has 7 nitrogen and oxygen atoms in total. The first-order valence-electron chi connectivity index (χ1n) is 9.03. The van der Waals surface area contributed by atoms with Crippen molar-refractivity contribution in [1.82, 2.24) is 9.62 Å². The zero-order valence-electron chi connectivity index (χ0n) is 15.3. The maximum Gasteiger partial charge on any atom is 0.306 e. The molecule has 1 N–H and O–H groups in total. The highest BCUT2D eigenvalue weighted by atomic mass is 32.2. The average molecular weight is 400 g/mol. The van der Waals surface area contributed by atoms with Crippen LogP contribution in [0, 0.1) is 5.82 Å². The molecule has 0 bridgehead atoms. The van der Waals surface area contributed by atoms with Crippen LogP contribution in [0.1, 0.15) is 39.0 Å². The van der Waals surface area contributed by atoms with E-state index in [-0.39, 0.29) is 30.2 Å². The van der Waals surface area contributed by atoms with Gasteiger partial charge in [0.05, 0.1) is 4.90 Å². The van der Waals surface area contributed by atoms with E-state index in [1.165, 1.54) is 12.1 Å². The van der Waals surface area contributed by atoms with E-state index in [1.54, 1.807) is 11.8 Å². The van der Waals surface area contributed by atoms with Gasteiger partial charge in [0.15, 0.2) is 6.10 Å². The predicted molar refractivity (Wildman–Crippen MR) is 96.8 cm³/mol. The van der Waals surface area contributed by atoms with Crippen LogP contribution in [0.3, 0.4) is 0 Å². The Morgan fingerprint density at radius 3 is 2.44 bits per heavy atom. The molecular formula is C18H25FN2O5S. The molecule has 2 rings (SSSR count). The number of carbonyl (C=O) groups excluding carboxylic acids is 2. The van der Waals surface area contributed by atoms with Crippen LogP contribution < -0.4 is 4.72 Å². The van der Waals surface area contributed by atoms with Crippen LogP contribution in [-0.4, -0.2) is 50.9 Å². The molecule has 1 aliphatic rings. The molecule has 0 aliphatic carbocycles. The maximum absolute atomic E-state index is 12.9. The summed E-state index contributed by atoms with van der Waals surface area (Å²) in [4.78, 5) is 25.7. The lowest BCUT2D eigenvalue weighted by Crippen LogP contribution is -2.42. The summed E-state index contributed by atoms with van der Waals surface area (Å²) in [6.07, 6.45) is 2.40. The van der Waals surface area contributed by atoms with E-state index in [4.69, 9.17) is 4.74 Å². The lowest BCUT2D eigenvalue weighted by Gasteiger charge is -2.28. The Morgan fingerprint density at radius 1 is 1.19 bits per heavy atom. The van der Waals surface area contributed by atoms with E-state index >= 15 is 0 Å². The van der Waals surface area contributed by atoms with E-state index in [0.717, 1.165) is 31.4 Å². The Kier molecular flexibility index (Phi) is 7.73. The summed E-state index contributed by atoms with van der Waals surface area (Å²) in [6.45, 7) is 2.95. The fraction of sp³-hybridized carbons (Fsp3) is 0.556. The van der Waals surface area contributed by atoms with Crippen LogP contribution in [0.4, 0.5) is 4.39 Å². The van der Waals surface area contributed by atoms with Crippen molar-refractivity contribution in [2.24, 2.45) is 0 Å². The Bertz CT molecular complexity index is 746. The number of esters is 1. The zero-order valence-corrected chi connectivity index (χ0v) is 16.1. The smallest absolute Gasteiger partial charge is 0.306 e. The molecule has 0 spiro atoms. The first-order chi connectivity index (χ1) is 12.8. The van der Waals surface area contributed by atoms with E-state index in [1.807, 2.05) is 0 Å². The number of halogens is 1. The number of amides is 1. The molecule has 9 heteroatoms. The Morgan fingerprint density at radius 2 is 1.81 bits per heavy atom. The second-order valence-electron chi connectivity index (χ2n) is 6.47. The molecule has 1 heterocycles. The third-order valence-electron chi connectivity index (χ3n) is 4.30. The SMILES string of the molecule is C[C@@H](OC(=O)CCCNS(=O)(=O)c1ccc(F)cc1)C(=O)N1CCCCC1. The van der Waals surface area contributed by atoms with E-state index in [9.17, 15) is 22.4 Å². The predicted octanol–water partition coefficient (Wildman–Crippen LogP) is 1.83. The van der Waals surface area contributed by atoms with Crippen molar-refractivity contribution in [1.29, 1.82) is 0 Å². The summed E-state index contributed by atoms with van der Waals surface area (Å²) in [5, 5.41) is 0. The minimum absolute atomic E-state index is 0.0104. The van der Waals surface area contributed by atoms with Gasteiger partial charge in [-0.2, -0.15) is 0 Å². The molecule has 0 unspecified atom stereocenters. The van der Waals surface area contributed by atoms with Gasteiger partial charge in [-0.25, -0.2) is 17.5 Å². The van der Waals surface area contributed by atoms with Gasteiger partial charge >= 0.3 is 5.97 Å². The van der Waals surface area contributed by atoms with E-state index in [0.29, 0.717) is 13.1 Å². The van der Waals surface area contributed by atoms with Gasteiger partial charge < -0.3 is 9.64 Å². The quantitative estimate of drug-likeness (QED) is 0.531. The van der Waals surface area contributed by atoms with Crippen LogP contribution in [0.25, 0.3) is 0 Å². The summed E-state index contributed by atoms with van der Waals surface area (Å²) in [6, 6.07) is 4.46. The van der Waals surface area contributed by atoms with Gasteiger partial charge in [-0.15, -0.1) is 0 Å². The van der Waals surface area contributed by atoms with Gasteiger partial charge in [0, 0.05) is 26.1 Å². The minimum atomic E-state index is -3.76. The summed E-state index contributed by atoms with van der Waals surface area (Å²) in [7, 11) is -3.76. The Hall–Kier alpha value is -2.00. The molecule has 1 amide bonds. The van der Waals surface area contributed by atoms with Crippen molar-refractivity contribution < 1.29 is 27.1 Å². The van der Waals surface area contributed by atoms with E-state index in [2.05, 4.69) is 4.72 Å². The lowest BCUT2D eigenvalue weighted by molar-refractivity contribution is -0.159. The molecule has 1 aromatic carbocycles. The van der Waals surface area contributed by atoms with Gasteiger partial charge in [-0.1, -0.05) is 0 Å². The molecule has 1 fully saturated rings. The number of hydrogen-bond acceptors (Lipinski definition) is 5. The first kappa shape index (κ1) is 21.3. The van der Waals surface area contributed by atoms with Crippen LogP contribution in [-0.2, 0) is 24.3 Å². The number of rotatable bonds is 8. The van der Waals surface area contributed by atoms with Crippen molar-refractivity contribution >= 4 is 21.9 Å². The number of benzene rings is 1. The Balaban J connectivity index is 1.70. The third-order valence-corrected chi connectivity index (χ3v) is 5.77. The fourth-order valence-electron chi connectivity index (χ4n) is 2.81. The van der Waals surface area contributed by atoms with Gasteiger partial charge in [-0.05, 0) is 56.9 Å². The summed E-state index contributed by atoms with van der Waals surface area (Å²) in [5.74, 6) is -1.26. The Labute approximate surface area is 158 Å². The van der Waals surface area contributed by atoms with E-state index < -0.39 is 27.9 Å². The first-order valence-corrected chi connectivity index (χ1v) is 10.5. The van der Waals surface area contributed by atoms with Gasteiger partial charge in [-0.3, -0.25) is 9.59 Å². The molecule has 1 atom stereocenters. The number of ether oxygens (including phenoxy) is 1. The van der Waals surface area contributed by atoms with Crippen LogP contribution in [0.15, 0.2) is 29.2 Å². The summed E-state index contributed by atoms with van der Waals surface area (Å²) < 4.78 is 44.4. The monoisotopic (exact) mass is 400 g/mol. The van der Waals surface area contributed by atoms with Crippen molar-refractivity contribution in [3.63, 3.8) is 0 Å². The average Bonchev–Trinajstić information content (AvgIpc) is 2.65. The molecule has 27 heavy (non-hydrogen) atoms. The van der Waals surface area contributed by atoms with Crippen molar-refractivity contribution in [2.75, 3.05) is 19.6 Å². The minimum Gasteiger partial charge on any atom is -0.453 e. The number of carbonyl (C=O) groups is 2. The fourth-order valence-corrected chi connectivity index (χ4v) is 3.89. The van der Waals surface area contributed by atoms with Crippen molar-refractivity contribution in [3.8, 4) is 0 Å². The molecule has 0 aromatic heterocycles. The van der Waals surface area contributed by atoms with Gasteiger partial charge in [0.25, 0.3) is 5.91 Å². The summed E-state index contributed by atoms with van der Waals surface area (Å²) in [5.41, 5.74) is 0. The number of hydrogen-bond donors (Lipinski definition) is 1. The van der Waals surface area contributed by atoms with Crippen LogP contribution in [0.2, 0.25) is 0 Å². The number of piperidine rings is 1. The topological polar surface area (TPSA) is 92.8 Å². The highest BCUT2D eigenvalue weighted by Gasteiger charge is 2.24. The normalized spacial score (nSPS) is 16.0. The molecule has 1 aliphatic heterocycles. The lowest BCUT2D eigenvalue weighted by atomic mass is 10.1. The number of nitrogens with one attached hydrogen (secondary N) is 1. The van der Waals surface area contributed by atoms with Crippen LogP contribution in [0.5, 0.6) is 0 Å².